The summed E-state index contributed by atoms with van der Waals surface area (Å²) < 4.78 is 42.2. The minimum Gasteiger partial charge on any atom is -0.465 e. The Morgan fingerprint density at radius 3 is 1.77 bits per heavy atom. The zero-order valence-corrected chi connectivity index (χ0v) is 18.2. The third-order valence-corrected chi connectivity index (χ3v) is 7.05. The number of piperazine rings is 1. The summed E-state index contributed by atoms with van der Waals surface area (Å²) in [5.41, 5.74) is -0.157. The van der Waals surface area contributed by atoms with Gasteiger partial charge in [-0.2, -0.15) is 4.31 Å². The minimum atomic E-state index is -4.02. The van der Waals surface area contributed by atoms with Crippen LogP contribution in [0.15, 0.2) is 23.1 Å². The zero-order valence-electron chi connectivity index (χ0n) is 17.4. The smallest absolute Gasteiger partial charge is 0.337 e. The van der Waals surface area contributed by atoms with Gasteiger partial charge in [-0.1, -0.05) is 0 Å². The molecular formula is C19H25N3O8S. The molecule has 2 saturated heterocycles. The van der Waals surface area contributed by atoms with Crippen molar-refractivity contribution in [3.63, 3.8) is 0 Å². The first-order chi connectivity index (χ1) is 14.8. The van der Waals surface area contributed by atoms with Crippen molar-refractivity contribution < 1.29 is 37.0 Å². The van der Waals surface area contributed by atoms with Crippen molar-refractivity contribution in [1.29, 1.82) is 0 Å². The lowest BCUT2D eigenvalue weighted by Gasteiger charge is -2.38. The predicted molar refractivity (Wildman–Crippen MR) is 107 cm³/mol. The van der Waals surface area contributed by atoms with E-state index in [0.717, 1.165) is 14.2 Å². The highest BCUT2D eigenvalue weighted by Crippen LogP contribution is 2.22. The first-order valence-electron chi connectivity index (χ1n) is 9.71. The summed E-state index contributed by atoms with van der Waals surface area (Å²) >= 11 is 0. The molecule has 2 amide bonds. The third kappa shape index (κ3) is 4.97. The van der Waals surface area contributed by atoms with Crippen LogP contribution in [0.5, 0.6) is 0 Å². The Kier molecular flexibility index (Phi) is 7.13. The molecule has 0 saturated carbocycles. The maximum absolute atomic E-state index is 13.2. The quantitative estimate of drug-likeness (QED) is 0.582. The van der Waals surface area contributed by atoms with Crippen LogP contribution in [-0.2, 0) is 24.2 Å². The van der Waals surface area contributed by atoms with Crippen molar-refractivity contribution in [2.45, 2.75) is 4.90 Å². The van der Waals surface area contributed by atoms with Gasteiger partial charge in [-0.15, -0.1) is 0 Å². The SMILES string of the molecule is COC(=O)c1cc(C(=O)OC)cc(S(=O)(=O)N2CCN(C(=O)N3CCOCC3)CC2)c1. The Bertz CT molecular complexity index is 917. The fourth-order valence-electron chi connectivity index (χ4n) is 3.44. The van der Waals surface area contributed by atoms with Crippen LogP contribution < -0.4 is 0 Å². The molecule has 1 aromatic rings. The van der Waals surface area contributed by atoms with Gasteiger partial charge in [0.15, 0.2) is 0 Å². The van der Waals surface area contributed by atoms with Gasteiger partial charge in [-0.3, -0.25) is 0 Å². The molecule has 12 heteroatoms. The van der Waals surface area contributed by atoms with Crippen LogP contribution in [0, 0.1) is 0 Å². The Morgan fingerprint density at radius 2 is 1.29 bits per heavy atom. The summed E-state index contributed by atoms with van der Waals surface area (Å²) in [5.74, 6) is -1.55. The van der Waals surface area contributed by atoms with Gasteiger partial charge in [0, 0.05) is 39.3 Å². The van der Waals surface area contributed by atoms with Crippen LogP contribution in [-0.4, -0.2) is 107 Å². The second-order valence-electron chi connectivity index (χ2n) is 7.00. The molecule has 170 valence electrons. The molecule has 2 fully saturated rings. The minimum absolute atomic E-state index is 0.0786. The molecule has 0 bridgehead atoms. The summed E-state index contributed by atoms with van der Waals surface area (Å²) in [5, 5.41) is 0. The van der Waals surface area contributed by atoms with Gasteiger partial charge in [-0.05, 0) is 18.2 Å². The maximum Gasteiger partial charge on any atom is 0.337 e. The van der Waals surface area contributed by atoms with Crippen molar-refractivity contribution in [1.82, 2.24) is 14.1 Å². The summed E-state index contributed by atoms with van der Waals surface area (Å²) in [6.45, 7) is 2.63. The van der Waals surface area contributed by atoms with Crippen molar-refractivity contribution in [2.75, 3.05) is 66.7 Å². The van der Waals surface area contributed by atoms with E-state index >= 15 is 0 Å². The number of carbonyl (C=O) groups excluding carboxylic acids is 3. The molecule has 0 unspecified atom stereocenters. The highest BCUT2D eigenvalue weighted by atomic mass is 32.2. The van der Waals surface area contributed by atoms with E-state index in [2.05, 4.69) is 9.47 Å². The number of carbonyl (C=O) groups is 3. The van der Waals surface area contributed by atoms with E-state index in [-0.39, 0.29) is 48.2 Å². The lowest BCUT2D eigenvalue weighted by Crippen LogP contribution is -2.55. The number of hydrogen-bond donors (Lipinski definition) is 0. The van der Waals surface area contributed by atoms with Crippen molar-refractivity contribution >= 4 is 28.0 Å². The van der Waals surface area contributed by atoms with E-state index < -0.39 is 22.0 Å². The average molecular weight is 455 g/mol. The molecule has 2 heterocycles. The van der Waals surface area contributed by atoms with E-state index in [1.807, 2.05) is 0 Å². The summed E-state index contributed by atoms with van der Waals surface area (Å²) in [4.78, 5) is 39.6. The number of morpholine rings is 1. The molecular weight excluding hydrogens is 430 g/mol. The molecule has 0 atom stereocenters. The molecule has 1 aromatic carbocycles. The monoisotopic (exact) mass is 455 g/mol. The average Bonchev–Trinajstić information content (AvgIpc) is 2.82. The van der Waals surface area contributed by atoms with Crippen LogP contribution in [0.25, 0.3) is 0 Å². The molecule has 0 N–H and O–H groups in total. The highest BCUT2D eigenvalue weighted by Gasteiger charge is 2.33. The topological polar surface area (TPSA) is 123 Å². The van der Waals surface area contributed by atoms with Gasteiger partial charge in [0.25, 0.3) is 0 Å². The van der Waals surface area contributed by atoms with Crippen LogP contribution in [0.4, 0.5) is 4.79 Å². The van der Waals surface area contributed by atoms with E-state index in [1.54, 1.807) is 9.80 Å². The fraction of sp³-hybridized carbons (Fsp3) is 0.526. The second-order valence-corrected chi connectivity index (χ2v) is 8.94. The lowest BCUT2D eigenvalue weighted by atomic mass is 10.1. The van der Waals surface area contributed by atoms with Gasteiger partial charge in [-0.25, -0.2) is 22.8 Å². The molecule has 2 aliphatic heterocycles. The number of esters is 2. The first kappa shape index (κ1) is 23.0. The number of ether oxygens (including phenoxy) is 3. The summed E-state index contributed by atoms with van der Waals surface area (Å²) in [7, 11) is -1.70. The summed E-state index contributed by atoms with van der Waals surface area (Å²) in [6, 6.07) is 3.41. The Hall–Kier alpha value is -2.70. The van der Waals surface area contributed by atoms with Gasteiger partial charge >= 0.3 is 18.0 Å². The molecule has 2 aliphatic rings. The molecule has 11 nitrogen and oxygen atoms in total. The van der Waals surface area contributed by atoms with E-state index in [0.29, 0.717) is 26.3 Å². The van der Waals surface area contributed by atoms with E-state index in [1.165, 1.54) is 22.5 Å². The highest BCUT2D eigenvalue weighted by molar-refractivity contribution is 7.89. The Labute approximate surface area is 180 Å². The first-order valence-corrected chi connectivity index (χ1v) is 11.2. The fourth-order valence-corrected chi connectivity index (χ4v) is 4.94. The number of urea groups is 1. The van der Waals surface area contributed by atoms with Crippen LogP contribution in [0.1, 0.15) is 20.7 Å². The second kappa shape index (κ2) is 9.62. The van der Waals surface area contributed by atoms with Crippen molar-refractivity contribution in [2.24, 2.45) is 0 Å². The normalized spacial score (nSPS) is 17.9. The number of hydrogen-bond acceptors (Lipinski definition) is 8. The number of amides is 2. The Morgan fingerprint density at radius 1 is 0.806 bits per heavy atom. The lowest BCUT2D eigenvalue weighted by molar-refractivity contribution is 0.0405. The van der Waals surface area contributed by atoms with Gasteiger partial charge in [0.1, 0.15) is 0 Å². The van der Waals surface area contributed by atoms with Crippen LogP contribution in [0.2, 0.25) is 0 Å². The molecule has 3 rings (SSSR count). The maximum atomic E-state index is 13.2. The third-order valence-electron chi connectivity index (χ3n) is 5.18. The van der Waals surface area contributed by atoms with E-state index in [9.17, 15) is 22.8 Å². The van der Waals surface area contributed by atoms with Crippen LogP contribution in [0.3, 0.4) is 0 Å². The molecule has 0 aliphatic carbocycles. The molecule has 0 radical (unpaired) electrons. The molecule has 31 heavy (non-hydrogen) atoms. The summed E-state index contributed by atoms with van der Waals surface area (Å²) in [6.07, 6.45) is 0. The largest absolute Gasteiger partial charge is 0.465 e. The number of nitrogens with zero attached hydrogens (tertiary/aromatic N) is 3. The van der Waals surface area contributed by atoms with Crippen molar-refractivity contribution in [3.05, 3.63) is 29.3 Å². The van der Waals surface area contributed by atoms with Gasteiger partial charge < -0.3 is 24.0 Å². The number of rotatable bonds is 4. The van der Waals surface area contributed by atoms with Crippen molar-refractivity contribution in [3.8, 4) is 0 Å². The van der Waals surface area contributed by atoms with E-state index in [4.69, 9.17) is 4.74 Å². The number of sulfonamides is 1. The zero-order chi connectivity index (χ0) is 22.6. The standard InChI is InChI=1S/C19H25N3O8S/c1-28-17(23)14-11-15(18(24)29-2)13-16(12-14)31(26,27)22-5-3-20(4-6-22)19(25)21-7-9-30-10-8-21/h11-13H,3-10H2,1-2H3. The molecule has 0 spiro atoms. The number of methoxy groups -OCH3 is 2. The Balaban J connectivity index is 1.78. The van der Waals surface area contributed by atoms with Gasteiger partial charge in [0.05, 0.1) is 43.5 Å². The predicted octanol–water partition coefficient (Wildman–Crippen LogP) is 0.0183. The van der Waals surface area contributed by atoms with Gasteiger partial charge in [0.2, 0.25) is 10.0 Å². The molecule has 0 aromatic heterocycles. The number of benzene rings is 1. The van der Waals surface area contributed by atoms with Crippen LogP contribution >= 0.6 is 0 Å².